The van der Waals surface area contributed by atoms with Crippen molar-refractivity contribution >= 4 is 5.69 Å². The fraction of sp³-hybridized carbons (Fsp3) is 0.294. The predicted octanol–water partition coefficient (Wildman–Crippen LogP) is 4.98. The van der Waals surface area contributed by atoms with Gasteiger partial charge in [0, 0.05) is 0 Å². The van der Waals surface area contributed by atoms with Gasteiger partial charge in [-0.25, -0.2) is 13.2 Å². The lowest BCUT2D eigenvalue weighted by atomic mass is 9.99. The molecule has 2 aromatic carbocycles. The number of halogens is 3. The molecule has 0 aromatic heterocycles. The number of fused-ring (bicyclic) bond motifs is 1. The van der Waals surface area contributed by atoms with Crippen molar-refractivity contribution in [3.63, 3.8) is 0 Å². The third-order valence-corrected chi connectivity index (χ3v) is 3.98. The molecule has 1 N–H and O–H groups in total. The Morgan fingerprint density at radius 2 is 1.71 bits per heavy atom. The van der Waals surface area contributed by atoms with Crippen molar-refractivity contribution in [2.45, 2.75) is 31.7 Å². The minimum absolute atomic E-state index is 0.00982. The van der Waals surface area contributed by atoms with Crippen molar-refractivity contribution in [2.24, 2.45) is 0 Å². The summed E-state index contributed by atoms with van der Waals surface area (Å²) in [5.41, 5.74) is 2.35. The summed E-state index contributed by atoms with van der Waals surface area (Å²) in [5, 5.41) is 3.03. The summed E-state index contributed by atoms with van der Waals surface area (Å²) in [6.45, 7) is 0. The van der Waals surface area contributed by atoms with Gasteiger partial charge < -0.3 is 5.32 Å². The summed E-state index contributed by atoms with van der Waals surface area (Å²) >= 11 is 0. The minimum Gasteiger partial charge on any atom is -0.376 e. The predicted molar refractivity (Wildman–Crippen MR) is 76.7 cm³/mol. The lowest BCUT2D eigenvalue weighted by molar-refractivity contribution is 0.448. The van der Waals surface area contributed by atoms with Gasteiger partial charge in [0.15, 0.2) is 17.5 Å². The lowest BCUT2D eigenvalue weighted by Crippen LogP contribution is -2.13. The van der Waals surface area contributed by atoms with Crippen LogP contribution in [-0.4, -0.2) is 0 Å². The van der Waals surface area contributed by atoms with E-state index in [0.717, 1.165) is 37.3 Å². The number of aryl methyl sites for hydroxylation is 1. The maximum absolute atomic E-state index is 13.8. The highest BCUT2D eigenvalue weighted by molar-refractivity contribution is 5.48. The van der Waals surface area contributed by atoms with Crippen molar-refractivity contribution in [1.82, 2.24) is 0 Å². The Kier molecular flexibility index (Phi) is 3.86. The van der Waals surface area contributed by atoms with Gasteiger partial charge in [-0.3, -0.25) is 0 Å². The highest BCUT2D eigenvalue weighted by Crippen LogP contribution is 2.32. The Morgan fingerprint density at radius 3 is 2.57 bits per heavy atom. The third kappa shape index (κ3) is 2.75. The molecule has 1 unspecified atom stereocenters. The fourth-order valence-corrected chi connectivity index (χ4v) is 2.90. The number of anilines is 1. The van der Waals surface area contributed by atoms with Crippen LogP contribution in [0.15, 0.2) is 36.4 Å². The first-order valence-electron chi connectivity index (χ1n) is 7.14. The van der Waals surface area contributed by atoms with Crippen LogP contribution in [0.1, 0.15) is 36.4 Å². The van der Waals surface area contributed by atoms with Gasteiger partial charge in [0.2, 0.25) is 0 Å². The van der Waals surface area contributed by atoms with Crippen LogP contribution in [0.2, 0.25) is 0 Å². The molecule has 110 valence electrons. The molecule has 21 heavy (non-hydrogen) atoms. The topological polar surface area (TPSA) is 12.0 Å². The minimum atomic E-state index is -1.43. The Labute approximate surface area is 121 Å². The van der Waals surface area contributed by atoms with Gasteiger partial charge in [0.05, 0.1) is 11.7 Å². The van der Waals surface area contributed by atoms with E-state index in [0.29, 0.717) is 0 Å². The lowest BCUT2D eigenvalue weighted by Gasteiger charge is -2.21. The van der Waals surface area contributed by atoms with Crippen molar-refractivity contribution in [3.05, 3.63) is 65.0 Å². The van der Waals surface area contributed by atoms with Crippen LogP contribution in [0.4, 0.5) is 18.9 Å². The van der Waals surface area contributed by atoms with Gasteiger partial charge in [0.25, 0.3) is 0 Å². The average molecular weight is 291 g/mol. The van der Waals surface area contributed by atoms with Crippen LogP contribution in [-0.2, 0) is 6.42 Å². The molecule has 4 heteroatoms. The Bertz CT molecular complexity index is 654. The summed E-state index contributed by atoms with van der Waals surface area (Å²) in [5.74, 6) is -3.75. The first kappa shape index (κ1) is 14.0. The van der Waals surface area contributed by atoms with Gasteiger partial charge in [-0.05, 0) is 42.5 Å². The first-order valence-corrected chi connectivity index (χ1v) is 7.14. The standard InChI is InChI=1S/C17H16F3N/c18-13-9-10-15(17(20)16(13)19)21-14-8-4-2-6-11-5-1-3-7-12(11)14/h1,3,5,7,9-10,14,21H,2,4,6,8H2. The summed E-state index contributed by atoms with van der Waals surface area (Å²) in [6, 6.07) is 10.1. The zero-order valence-electron chi connectivity index (χ0n) is 11.5. The zero-order valence-corrected chi connectivity index (χ0v) is 11.5. The normalized spacial score (nSPS) is 18.0. The van der Waals surface area contributed by atoms with E-state index in [2.05, 4.69) is 11.4 Å². The van der Waals surface area contributed by atoms with Crippen LogP contribution in [0, 0.1) is 17.5 Å². The molecule has 0 saturated carbocycles. The molecule has 3 rings (SSSR count). The van der Waals surface area contributed by atoms with E-state index < -0.39 is 17.5 Å². The van der Waals surface area contributed by atoms with E-state index in [1.54, 1.807) is 0 Å². The molecule has 0 spiro atoms. The van der Waals surface area contributed by atoms with E-state index in [1.807, 2.05) is 18.2 Å². The summed E-state index contributed by atoms with van der Waals surface area (Å²) in [6.07, 6.45) is 3.93. The molecule has 0 saturated heterocycles. The molecule has 1 aliphatic carbocycles. The molecule has 1 aliphatic rings. The summed E-state index contributed by atoms with van der Waals surface area (Å²) in [4.78, 5) is 0. The molecule has 0 bridgehead atoms. The highest BCUT2D eigenvalue weighted by atomic mass is 19.2. The molecule has 0 radical (unpaired) electrons. The second-order valence-corrected chi connectivity index (χ2v) is 5.36. The van der Waals surface area contributed by atoms with Crippen molar-refractivity contribution < 1.29 is 13.2 Å². The van der Waals surface area contributed by atoms with Gasteiger partial charge in [-0.15, -0.1) is 0 Å². The van der Waals surface area contributed by atoms with Gasteiger partial charge in [-0.2, -0.15) is 0 Å². The van der Waals surface area contributed by atoms with Crippen molar-refractivity contribution in [1.29, 1.82) is 0 Å². The molecular formula is C17H16F3N. The molecule has 2 aromatic rings. The van der Waals surface area contributed by atoms with E-state index in [9.17, 15) is 13.2 Å². The fourth-order valence-electron chi connectivity index (χ4n) is 2.90. The van der Waals surface area contributed by atoms with Crippen LogP contribution >= 0.6 is 0 Å². The number of rotatable bonds is 2. The maximum Gasteiger partial charge on any atom is 0.196 e. The van der Waals surface area contributed by atoms with E-state index in [1.165, 1.54) is 11.6 Å². The third-order valence-electron chi connectivity index (χ3n) is 3.98. The SMILES string of the molecule is Fc1ccc(NC2CCCCc3ccccc32)c(F)c1F. The molecule has 0 fully saturated rings. The summed E-state index contributed by atoms with van der Waals surface area (Å²) in [7, 11) is 0. The van der Waals surface area contributed by atoms with Crippen LogP contribution in [0.3, 0.4) is 0 Å². The zero-order chi connectivity index (χ0) is 14.8. The van der Waals surface area contributed by atoms with Crippen LogP contribution in [0.25, 0.3) is 0 Å². The van der Waals surface area contributed by atoms with Crippen molar-refractivity contribution in [3.8, 4) is 0 Å². The van der Waals surface area contributed by atoms with Crippen molar-refractivity contribution in [2.75, 3.05) is 5.32 Å². The second kappa shape index (κ2) is 5.80. The van der Waals surface area contributed by atoms with Crippen LogP contribution < -0.4 is 5.32 Å². The molecule has 0 aliphatic heterocycles. The molecular weight excluding hydrogens is 275 g/mol. The van der Waals surface area contributed by atoms with E-state index >= 15 is 0 Å². The number of hydrogen-bond acceptors (Lipinski definition) is 1. The Morgan fingerprint density at radius 1 is 0.905 bits per heavy atom. The van der Waals surface area contributed by atoms with Gasteiger partial charge in [0.1, 0.15) is 0 Å². The molecule has 0 amide bonds. The van der Waals surface area contributed by atoms with Crippen LogP contribution in [0.5, 0.6) is 0 Å². The van der Waals surface area contributed by atoms with E-state index in [-0.39, 0.29) is 11.7 Å². The Hall–Kier alpha value is -1.97. The number of benzene rings is 2. The highest BCUT2D eigenvalue weighted by Gasteiger charge is 2.21. The largest absolute Gasteiger partial charge is 0.376 e. The van der Waals surface area contributed by atoms with E-state index in [4.69, 9.17) is 0 Å². The number of hydrogen-bond donors (Lipinski definition) is 1. The summed E-state index contributed by atoms with van der Waals surface area (Å²) < 4.78 is 40.1. The smallest absolute Gasteiger partial charge is 0.196 e. The second-order valence-electron chi connectivity index (χ2n) is 5.36. The maximum atomic E-state index is 13.8. The molecule has 1 nitrogen and oxygen atoms in total. The Balaban J connectivity index is 1.93. The van der Waals surface area contributed by atoms with Gasteiger partial charge >= 0.3 is 0 Å². The molecule has 0 heterocycles. The molecule has 1 atom stereocenters. The first-order chi connectivity index (χ1) is 10.2. The monoisotopic (exact) mass is 291 g/mol. The quantitative estimate of drug-likeness (QED) is 0.607. The number of nitrogens with one attached hydrogen (secondary N) is 1. The van der Waals surface area contributed by atoms with Gasteiger partial charge in [-0.1, -0.05) is 30.7 Å². The average Bonchev–Trinajstić information content (AvgIpc) is 2.70.